The summed E-state index contributed by atoms with van der Waals surface area (Å²) in [5.74, 6) is 3.41. The molecule has 0 aliphatic carbocycles. The van der Waals surface area contributed by atoms with Gasteiger partial charge in [0.2, 0.25) is 11.9 Å². The predicted octanol–water partition coefficient (Wildman–Crippen LogP) is 6.90. The van der Waals surface area contributed by atoms with Gasteiger partial charge in [-0.25, -0.2) is 19.9 Å². The summed E-state index contributed by atoms with van der Waals surface area (Å²) < 4.78 is 32.1. The highest BCUT2D eigenvalue weighted by Crippen LogP contribution is 2.25. The van der Waals surface area contributed by atoms with Gasteiger partial charge in [0.15, 0.2) is 62.4 Å². The Kier molecular flexibility index (Phi) is 21.1. The first-order valence-corrected chi connectivity index (χ1v) is 26.7. The molecule has 0 amide bonds. The average Bonchev–Trinajstić information content (AvgIpc) is 2.52. The molecule has 0 atom stereocenters. The van der Waals surface area contributed by atoms with Gasteiger partial charge in [0.1, 0.15) is 5.52 Å². The zero-order valence-electron chi connectivity index (χ0n) is 49.1. The first-order chi connectivity index (χ1) is 42.5. The van der Waals surface area contributed by atoms with Gasteiger partial charge in [-0.3, -0.25) is 32.1 Å². The van der Waals surface area contributed by atoms with E-state index in [1.807, 2.05) is 122 Å². The highest BCUT2D eigenvalue weighted by Gasteiger charge is 2.16. The molecule has 0 bridgehead atoms. The molecule has 88 heavy (non-hydrogen) atoms. The van der Waals surface area contributed by atoms with Crippen molar-refractivity contribution in [1.82, 2.24) is 78.5 Å². The standard InChI is InChI=1S/C15H19N7O.C15H19N7.C13H13FN6O.C12H11FN6O.CH4O/c1-21(2)15-18-13(12-14(19-15)22(3)9-17-12)16-8-10-4-6-11(20-23)7-5-10;1-21(2)15-19-13(12-14(20-15)22(3)9-18-12)17-8-10-4-6-11(16)7-5-10;1-20-7-16-10-11(17-13(14)18-12(10)20)15-6-8-2-4-9(19-21)5-3-8;13-12-17-10(9-11(18-12)16-6-15-9)14-5-7-1-3-8(19-20)4-2-7;1-2/h4-7,9,20,23H,8H2,1-3H3,(H,16,18,19);4-7,9H,8,16H2,1-3H3,(H,17,19,20);2-5,7,19,21H,6H2,1H3,(H,15,17,18);1-4,6,19-20H,5H2,(H2,14,15,16,17,18);2H,1H3. The van der Waals surface area contributed by atoms with E-state index >= 15 is 0 Å². The maximum atomic E-state index is 13.4. The molecule has 458 valence electrons. The molecule has 0 fully saturated rings. The maximum Gasteiger partial charge on any atom is 0.312 e. The highest BCUT2D eigenvalue weighted by molar-refractivity contribution is 5.86. The normalized spacial score (nSPS) is 10.6. The molecule has 8 heterocycles. The van der Waals surface area contributed by atoms with E-state index < -0.39 is 12.2 Å². The van der Waals surface area contributed by atoms with Crippen molar-refractivity contribution >= 4 is 103 Å². The molecule has 0 saturated heterocycles. The number of benzene rings is 4. The van der Waals surface area contributed by atoms with Gasteiger partial charge in [-0.05, 0) is 70.8 Å². The molecule has 32 heteroatoms. The van der Waals surface area contributed by atoms with Crippen molar-refractivity contribution in [3.8, 4) is 0 Å². The Morgan fingerprint density at radius 1 is 0.443 bits per heavy atom. The summed E-state index contributed by atoms with van der Waals surface area (Å²) in [7, 11) is 14.2. The number of aryl methyl sites for hydroxylation is 3. The first kappa shape index (κ1) is 62.8. The highest BCUT2D eigenvalue weighted by atomic mass is 19.1. The molecule has 8 aromatic heterocycles. The lowest BCUT2D eigenvalue weighted by Gasteiger charge is -2.13. The Balaban J connectivity index is 0.000000151. The van der Waals surface area contributed by atoms with Crippen molar-refractivity contribution in [3.05, 3.63) is 157 Å². The van der Waals surface area contributed by atoms with Gasteiger partial charge in [0.05, 0.1) is 42.4 Å². The number of H-pyrrole nitrogens is 1. The fourth-order valence-corrected chi connectivity index (χ4v) is 8.15. The van der Waals surface area contributed by atoms with E-state index in [2.05, 4.69) is 102 Å². The van der Waals surface area contributed by atoms with Gasteiger partial charge in [0, 0.05) is 88.3 Å². The molecule has 12 rings (SSSR count). The van der Waals surface area contributed by atoms with Gasteiger partial charge in [-0.15, -0.1) is 0 Å². The smallest absolute Gasteiger partial charge is 0.312 e. The molecule has 30 nitrogen and oxygen atoms in total. The number of halogens is 2. The predicted molar refractivity (Wildman–Crippen MR) is 333 cm³/mol. The molecule has 0 radical (unpaired) electrons. The Morgan fingerprint density at radius 2 is 0.773 bits per heavy atom. The van der Waals surface area contributed by atoms with Crippen molar-refractivity contribution in [3.63, 3.8) is 0 Å². The quantitative estimate of drug-likeness (QED) is 0.0250. The van der Waals surface area contributed by atoms with Crippen LogP contribution in [0.3, 0.4) is 0 Å². The van der Waals surface area contributed by atoms with Crippen LogP contribution in [0.5, 0.6) is 0 Å². The summed E-state index contributed by atoms with van der Waals surface area (Å²) in [5.41, 5.74) is 23.5. The molecule has 0 unspecified atom stereocenters. The number of fused-ring (bicyclic) bond motifs is 4. The molecular formula is C56H66F2N26O4. The third-order valence-electron chi connectivity index (χ3n) is 12.8. The van der Waals surface area contributed by atoms with E-state index in [0.717, 1.165) is 63.2 Å². The summed E-state index contributed by atoms with van der Waals surface area (Å²) >= 11 is 0. The SMILES string of the molecule is CN(C)c1nc(NCc2ccc(N)cc2)c2ncn(C)c2n1.CN(C)c1nc(NCc2ccc(NO)cc2)c2ncn(C)c2n1.CO.Cn1cnc2c(NCc3ccc(NO)cc3)nc(F)nc21.ONc1ccc(CNc2nc(F)nc3nc[nH]c23)cc1. The Labute approximate surface area is 501 Å². The van der Waals surface area contributed by atoms with Crippen LogP contribution in [0.2, 0.25) is 0 Å². The molecule has 0 spiro atoms. The van der Waals surface area contributed by atoms with E-state index in [1.54, 1.807) is 67.0 Å². The van der Waals surface area contributed by atoms with E-state index in [0.29, 0.717) is 89.3 Å². The number of nitrogens with zero attached hydrogens (tertiary/aromatic N) is 17. The average molecular weight is 1210 g/mol. The number of nitrogens with one attached hydrogen (secondary N) is 8. The van der Waals surface area contributed by atoms with Crippen LogP contribution in [-0.4, -0.2) is 135 Å². The van der Waals surface area contributed by atoms with E-state index in [4.69, 9.17) is 26.5 Å². The number of aliphatic hydroxyl groups excluding tert-OH is 1. The van der Waals surface area contributed by atoms with Crippen molar-refractivity contribution < 1.29 is 29.5 Å². The zero-order valence-corrected chi connectivity index (χ0v) is 49.1. The monoisotopic (exact) mass is 1200 g/mol. The van der Waals surface area contributed by atoms with Gasteiger partial charge in [0.25, 0.3) is 0 Å². The first-order valence-electron chi connectivity index (χ1n) is 26.7. The third-order valence-corrected chi connectivity index (χ3v) is 12.8. The van der Waals surface area contributed by atoms with Crippen LogP contribution in [0.25, 0.3) is 44.7 Å². The number of anilines is 10. The summed E-state index contributed by atoms with van der Waals surface area (Å²) in [6.07, 6.45) is 4.84. The number of aromatic nitrogens is 16. The molecule has 0 aliphatic heterocycles. The van der Waals surface area contributed by atoms with E-state index in [1.165, 1.54) is 6.33 Å². The van der Waals surface area contributed by atoms with Crippen molar-refractivity contribution in [1.29, 1.82) is 0 Å². The minimum atomic E-state index is -0.827. The fraction of sp³-hybridized carbons (Fsp3) is 0.214. The number of nitrogens with two attached hydrogens (primary N) is 1. The number of nitrogen functional groups attached to an aromatic ring is 1. The summed E-state index contributed by atoms with van der Waals surface area (Å²) in [6, 6.07) is 29.4. The lowest BCUT2D eigenvalue weighted by Crippen LogP contribution is -2.14. The van der Waals surface area contributed by atoms with Crippen LogP contribution in [-0.2, 0) is 47.3 Å². The van der Waals surface area contributed by atoms with Crippen molar-refractivity contribution in [2.24, 2.45) is 21.1 Å². The number of aliphatic hydroxyl groups is 1. The zero-order chi connectivity index (χ0) is 62.9. The van der Waals surface area contributed by atoms with E-state index in [-0.39, 0.29) is 5.65 Å². The molecule has 12 aromatic rings. The third kappa shape index (κ3) is 15.9. The molecule has 4 aromatic carbocycles. The fourth-order valence-electron chi connectivity index (χ4n) is 8.15. The summed E-state index contributed by atoms with van der Waals surface area (Å²) in [4.78, 5) is 56.3. The van der Waals surface area contributed by atoms with Crippen LogP contribution in [0, 0.1) is 12.2 Å². The minimum Gasteiger partial charge on any atom is -0.400 e. The van der Waals surface area contributed by atoms with Crippen LogP contribution >= 0.6 is 0 Å². The van der Waals surface area contributed by atoms with Crippen LogP contribution in [0.1, 0.15) is 22.3 Å². The second-order valence-electron chi connectivity index (χ2n) is 19.5. The maximum absolute atomic E-state index is 13.4. The van der Waals surface area contributed by atoms with Gasteiger partial charge < -0.3 is 60.6 Å². The van der Waals surface area contributed by atoms with Crippen molar-refractivity contribution in [2.75, 3.05) is 88.5 Å². The minimum absolute atomic E-state index is 0.278. The number of hydrogen-bond donors (Lipinski definition) is 13. The summed E-state index contributed by atoms with van der Waals surface area (Å²) in [5, 5.41) is 46.0. The Bertz CT molecular complexity index is 4180. The lowest BCUT2D eigenvalue weighted by molar-refractivity contribution is 0.388. The number of hydrogen-bond acceptors (Lipinski definition) is 26. The van der Waals surface area contributed by atoms with Crippen LogP contribution in [0.15, 0.2) is 122 Å². The Hall–Kier alpha value is -11.2. The number of aromatic amines is 1. The van der Waals surface area contributed by atoms with Gasteiger partial charge in [-0.2, -0.15) is 48.7 Å². The van der Waals surface area contributed by atoms with E-state index in [9.17, 15) is 8.78 Å². The lowest BCUT2D eigenvalue weighted by atomic mass is 10.2. The largest absolute Gasteiger partial charge is 0.400 e. The Morgan fingerprint density at radius 3 is 1.15 bits per heavy atom. The number of rotatable bonds is 17. The van der Waals surface area contributed by atoms with Crippen molar-refractivity contribution in [2.45, 2.75) is 26.2 Å². The van der Waals surface area contributed by atoms with Gasteiger partial charge >= 0.3 is 12.2 Å². The second-order valence-corrected chi connectivity index (χ2v) is 19.5. The molecule has 0 aliphatic rings. The topological polar surface area (TPSA) is 383 Å². The molecule has 0 saturated carbocycles. The van der Waals surface area contributed by atoms with Crippen LogP contribution < -0.4 is 53.2 Å². The molecule has 14 N–H and O–H groups in total. The van der Waals surface area contributed by atoms with Crippen LogP contribution in [0.4, 0.5) is 66.7 Å². The number of imidazole rings is 4. The summed E-state index contributed by atoms with van der Waals surface area (Å²) in [6.45, 7) is 2.15. The molecular weight excluding hydrogens is 1140 g/mol. The second kappa shape index (κ2) is 29.5. The van der Waals surface area contributed by atoms with Gasteiger partial charge in [-0.1, -0.05) is 48.5 Å².